The predicted octanol–water partition coefficient (Wildman–Crippen LogP) is 3.22. The number of likely N-dealkylation sites (N-methyl/N-ethyl adjacent to an activating group) is 2. The molecule has 1 N–H and O–H groups in total. The second-order valence-corrected chi connectivity index (χ2v) is 6.20. The molecule has 7 heteroatoms. The lowest BCUT2D eigenvalue weighted by molar-refractivity contribution is 0.0798. The van der Waals surface area contributed by atoms with Crippen molar-refractivity contribution >= 4 is 29.4 Å². The highest BCUT2D eigenvalue weighted by atomic mass is 35.5. The standard InChI is InChI=1S/C19H22N4O2.ClH/c1-12-5-7-14(8-6-12)16-11-15(19(24)23(4)10-9-20-3)17-13(2)22-25-18(17)21-16;/h5-8,11,20H,9-10H2,1-4H3;1H. The van der Waals surface area contributed by atoms with Crippen molar-refractivity contribution in [1.82, 2.24) is 20.4 Å². The van der Waals surface area contributed by atoms with E-state index >= 15 is 0 Å². The Bertz CT molecular complexity index is 906. The van der Waals surface area contributed by atoms with Gasteiger partial charge in [0.2, 0.25) is 0 Å². The molecule has 1 amide bonds. The minimum atomic E-state index is -0.0673. The average molecular weight is 375 g/mol. The van der Waals surface area contributed by atoms with E-state index in [1.165, 1.54) is 5.56 Å². The zero-order valence-electron chi connectivity index (χ0n) is 15.4. The summed E-state index contributed by atoms with van der Waals surface area (Å²) >= 11 is 0. The van der Waals surface area contributed by atoms with E-state index < -0.39 is 0 Å². The van der Waals surface area contributed by atoms with Crippen LogP contribution in [-0.4, -0.2) is 48.1 Å². The SMILES string of the molecule is CNCCN(C)C(=O)c1cc(-c2ccc(C)cc2)nc2onc(C)c12.Cl. The fourth-order valence-corrected chi connectivity index (χ4v) is 2.72. The normalized spacial score (nSPS) is 10.6. The highest BCUT2D eigenvalue weighted by molar-refractivity contribution is 6.06. The third-order valence-corrected chi connectivity index (χ3v) is 4.24. The van der Waals surface area contributed by atoms with Crippen LogP contribution in [0.2, 0.25) is 0 Å². The summed E-state index contributed by atoms with van der Waals surface area (Å²) in [6.45, 7) is 5.20. The molecule has 0 saturated carbocycles. The second kappa shape index (κ2) is 8.29. The predicted molar refractivity (Wildman–Crippen MR) is 105 cm³/mol. The van der Waals surface area contributed by atoms with Gasteiger partial charge in [-0.25, -0.2) is 4.98 Å². The molecular weight excluding hydrogens is 352 g/mol. The Morgan fingerprint density at radius 3 is 2.58 bits per heavy atom. The van der Waals surface area contributed by atoms with Crippen LogP contribution in [0.3, 0.4) is 0 Å². The van der Waals surface area contributed by atoms with Gasteiger partial charge in [0.05, 0.1) is 22.3 Å². The van der Waals surface area contributed by atoms with Crippen molar-refractivity contribution in [3.05, 3.63) is 47.2 Å². The third kappa shape index (κ3) is 3.86. The van der Waals surface area contributed by atoms with Gasteiger partial charge in [0, 0.05) is 25.7 Å². The van der Waals surface area contributed by atoms with Crippen molar-refractivity contribution in [2.45, 2.75) is 13.8 Å². The second-order valence-electron chi connectivity index (χ2n) is 6.20. The topological polar surface area (TPSA) is 71.3 Å². The van der Waals surface area contributed by atoms with Gasteiger partial charge in [-0.3, -0.25) is 4.79 Å². The summed E-state index contributed by atoms with van der Waals surface area (Å²) < 4.78 is 5.34. The first kappa shape index (κ1) is 19.9. The molecular formula is C19H23ClN4O2. The first-order valence-corrected chi connectivity index (χ1v) is 8.25. The number of aryl methyl sites for hydroxylation is 2. The molecule has 0 saturated heterocycles. The number of nitrogens with one attached hydrogen (secondary N) is 1. The number of nitrogens with zero attached hydrogens (tertiary/aromatic N) is 3. The summed E-state index contributed by atoms with van der Waals surface area (Å²) in [5.41, 5.74) is 4.44. The Balaban J connectivity index is 0.00000243. The van der Waals surface area contributed by atoms with Crippen LogP contribution in [0, 0.1) is 13.8 Å². The lowest BCUT2D eigenvalue weighted by Crippen LogP contribution is -2.33. The Hall–Kier alpha value is -2.44. The first-order valence-electron chi connectivity index (χ1n) is 8.25. The van der Waals surface area contributed by atoms with Gasteiger partial charge < -0.3 is 14.7 Å². The molecule has 6 nitrogen and oxygen atoms in total. The van der Waals surface area contributed by atoms with Crippen LogP contribution in [0.25, 0.3) is 22.4 Å². The minimum absolute atomic E-state index is 0. The van der Waals surface area contributed by atoms with Gasteiger partial charge in [-0.15, -0.1) is 12.4 Å². The molecule has 0 radical (unpaired) electrons. The van der Waals surface area contributed by atoms with Crippen molar-refractivity contribution in [3.63, 3.8) is 0 Å². The molecule has 2 heterocycles. The molecule has 0 spiro atoms. The van der Waals surface area contributed by atoms with Crippen molar-refractivity contribution in [2.75, 3.05) is 27.2 Å². The van der Waals surface area contributed by atoms with Gasteiger partial charge in [-0.1, -0.05) is 35.0 Å². The molecule has 0 aliphatic carbocycles. The van der Waals surface area contributed by atoms with E-state index in [2.05, 4.69) is 15.5 Å². The fourth-order valence-electron chi connectivity index (χ4n) is 2.72. The number of pyridine rings is 1. The number of benzene rings is 1. The molecule has 0 fully saturated rings. The number of hydrogen-bond donors (Lipinski definition) is 1. The van der Waals surface area contributed by atoms with Gasteiger partial charge in [-0.05, 0) is 27.0 Å². The Kier molecular flexibility index (Phi) is 6.34. The first-order chi connectivity index (χ1) is 12.0. The van der Waals surface area contributed by atoms with Gasteiger partial charge in [0.1, 0.15) is 0 Å². The van der Waals surface area contributed by atoms with E-state index in [1.54, 1.807) is 11.9 Å². The molecule has 138 valence electrons. The summed E-state index contributed by atoms with van der Waals surface area (Å²) in [6.07, 6.45) is 0. The van der Waals surface area contributed by atoms with Gasteiger partial charge >= 0.3 is 0 Å². The number of hydrogen-bond acceptors (Lipinski definition) is 5. The number of aromatic nitrogens is 2. The molecule has 3 aromatic rings. The molecule has 26 heavy (non-hydrogen) atoms. The summed E-state index contributed by atoms with van der Waals surface area (Å²) in [6, 6.07) is 9.85. The quantitative estimate of drug-likeness (QED) is 0.742. The smallest absolute Gasteiger partial charge is 0.259 e. The van der Waals surface area contributed by atoms with Crippen molar-refractivity contribution in [1.29, 1.82) is 0 Å². The number of fused-ring (bicyclic) bond motifs is 1. The molecule has 1 aromatic carbocycles. The molecule has 2 aromatic heterocycles. The van der Waals surface area contributed by atoms with Crippen molar-refractivity contribution < 1.29 is 9.32 Å². The average Bonchev–Trinajstić information content (AvgIpc) is 3.00. The zero-order valence-corrected chi connectivity index (χ0v) is 16.2. The van der Waals surface area contributed by atoms with Crippen LogP contribution in [0.4, 0.5) is 0 Å². The largest absolute Gasteiger partial charge is 0.340 e. The maximum atomic E-state index is 13.0. The monoisotopic (exact) mass is 374 g/mol. The third-order valence-electron chi connectivity index (χ3n) is 4.24. The van der Waals surface area contributed by atoms with Gasteiger partial charge in [0.15, 0.2) is 0 Å². The summed E-state index contributed by atoms with van der Waals surface area (Å²) in [4.78, 5) is 19.2. The lowest BCUT2D eigenvalue weighted by Gasteiger charge is -2.17. The van der Waals surface area contributed by atoms with E-state index in [0.717, 1.165) is 12.1 Å². The van der Waals surface area contributed by atoms with Crippen LogP contribution in [-0.2, 0) is 0 Å². The van der Waals surface area contributed by atoms with Crippen LogP contribution in [0.5, 0.6) is 0 Å². The highest BCUT2D eigenvalue weighted by Crippen LogP contribution is 2.28. The Morgan fingerprint density at radius 1 is 1.23 bits per heavy atom. The Labute approximate surface area is 159 Å². The van der Waals surface area contributed by atoms with Crippen LogP contribution < -0.4 is 5.32 Å². The molecule has 0 aliphatic heterocycles. The fraction of sp³-hybridized carbons (Fsp3) is 0.316. The van der Waals surface area contributed by atoms with Crippen LogP contribution in [0.1, 0.15) is 21.6 Å². The van der Waals surface area contributed by atoms with Crippen molar-refractivity contribution in [2.24, 2.45) is 0 Å². The number of carbonyl (C=O) groups is 1. The summed E-state index contributed by atoms with van der Waals surface area (Å²) in [7, 11) is 3.66. The number of carbonyl (C=O) groups excluding carboxylic acids is 1. The van der Waals surface area contributed by atoms with Crippen LogP contribution in [0.15, 0.2) is 34.9 Å². The molecule has 0 unspecified atom stereocenters. The molecule has 0 bridgehead atoms. The minimum Gasteiger partial charge on any atom is -0.340 e. The maximum absolute atomic E-state index is 13.0. The van der Waals surface area contributed by atoms with E-state index in [4.69, 9.17) is 4.52 Å². The van der Waals surface area contributed by atoms with E-state index in [0.29, 0.717) is 34.6 Å². The molecule has 0 aliphatic rings. The number of amides is 1. The summed E-state index contributed by atoms with van der Waals surface area (Å²) in [5, 5.41) is 7.72. The van der Waals surface area contributed by atoms with Crippen LogP contribution >= 0.6 is 12.4 Å². The number of rotatable bonds is 5. The van der Waals surface area contributed by atoms with E-state index in [1.807, 2.05) is 51.2 Å². The Morgan fingerprint density at radius 2 is 1.92 bits per heavy atom. The van der Waals surface area contributed by atoms with Gasteiger partial charge in [-0.2, -0.15) is 0 Å². The zero-order chi connectivity index (χ0) is 18.0. The van der Waals surface area contributed by atoms with E-state index in [9.17, 15) is 4.79 Å². The summed E-state index contributed by atoms with van der Waals surface area (Å²) in [5.74, 6) is -0.0673. The van der Waals surface area contributed by atoms with Gasteiger partial charge in [0.25, 0.3) is 11.6 Å². The maximum Gasteiger partial charge on any atom is 0.259 e. The lowest BCUT2D eigenvalue weighted by atomic mass is 10.0. The molecule has 3 rings (SSSR count). The van der Waals surface area contributed by atoms with Crippen molar-refractivity contribution in [3.8, 4) is 11.3 Å². The number of halogens is 1. The molecule has 0 atom stereocenters. The highest BCUT2D eigenvalue weighted by Gasteiger charge is 2.21. The van der Waals surface area contributed by atoms with E-state index in [-0.39, 0.29) is 18.3 Å².